The average molecular weight is 238 g/mol. The second kappa shape index (κ2) is 5.14. The molecule has 0 radical (unpaired) electrons. The summed E-state index contributed by atoms with van der Waals surface area (Å²) in [5.41, 5.74) is 0.898. The average Bonchev–Trinajstić information content (AvgIpc) is 2.33. The number of nitrogens with one attached hydrogen (secondary N) is 1. The van der Waals surface area contributed by atoms with Gasteiger partial charge in [-0.25, -0.2) is 9.18 Å². The van der Waals surface area contributed by atoms with E-state index in [4.69, 9.17) is 5.11 Å². The molecule has 0 aliphatic carbocycles. The zero-order chi connectivity index (χ0) is 12.3. The molecule has 1 aliphatic heterocycles. The Kier molecular flexibility index (Phi) is 3.58. The van der Waals surface area contributed by atoms with Crippen molar-refractivity contribution in [2.75, 3.05) is 19.7 Å². The minimum atomic E-state index is -0.289. The van der Waals surface area contributed by atoms with Gasteiger partial charge in [0, 0.05) is 13.1 Å². The Morgan fingerprint density at radius 2 is 2.12 bits per heavy atom. The van der Waals surface area contributed by atoms with Crippen molar-refractivity contribution < 1.29 is 14.3 Å². The van der Waals surface area contributed by atoms with Gasteiger partial charge in [0.1, 0.15) is 5.82 Å². The van der Waals surface area contributed by atoms with Crippen LogP contribution in [0.25, 0.3) is 0 Å². The van der Waals surface area contributed by atoms with Gasteiger partial charge in [0.25, 0.3) is 0 Å². The van der Waals surface area contributed by atoms with Crippen molar-refractivity contribution in [1.82, 2.24) is 10.2 Å². The Hall–Kier alpha value is -1.62. The maximum absolute atomic E-state index is 12.8. The van der Waals surface area contributed by atoms with Crippen molar-refractivity contribution in [3.8, 4) is 0 Å². The molecular weight excluding hydrogens is 223 g/mol. The predicted molar refractivity (Wildman–Crippen MR) is 60.9 cm³/mol. The fourth-order valence-electron chi connectivity index (χ4n) is 2.11. The fourth-order valence-corrected chi connectivity index (χ4v) is 2.11. The van der Waals surface area contributed by atoms with E-state index in [1.54, 1.807) is 17.0 Å². The Labute approximate surface area is 99.0 Å². The second-order valence-corrected chi connectivity index (χ2v) is 4.00. The highest BCUT2D eigenvalue weighted by molar-refractivity contribution is 5.75. The lowest BCUT2D eigenvalue weighted by molar-refractivity contribution is 0.134. The molecule has 92 valence electrons. The summed E-state index contributed by atoms with van der Waals surface area (Å²) in [6.45, 7) is 0.807. The number of hydrogen-bond acceptors (Lipinski definition) is 2. The number of aliphatic hydroxyl groups is 1. The largest absolute Gasteiger partial charge is 0.395 e. The Bertz CT molecular complexity index is 394. The van der Waals surface area contributed by atoms with Gasteiger partial charge >= 0.3 is 6.03 Å². The van der Waals surface area contributed by atoms with Crippen LogP contribution in [-0.4, -0.2) is 35.7 Å². The first-order valence-corrected chi connectivity index (χ1v) is 5.63. The zero-order valence-electron chi connectivity index (χ0n) is 9.40. The summed E-state index contributed by atoms with van der Waals surface area (Å²) in [4.78, 5) is 13.2. The van der Waals surface area contributed by atoms with Gasteiger partial charge in [0.2, 0.25) is 0 Å². The van der Waals surface area contributed by atoms with Gasteiger partial charge in [0.15, 0.2) is 0 Å². The molecule has 2 amide bonds. The standard InChI is InChI=1S/C12H15FN2O2/c13-10-3-1-9(2-4-10)11-5-6-14-12(17)15(11)7-8-16/h1-4,11,16H,5-8H2,(H,14,17). The monoisotopic (exact) mass is 238 g/mol. The van der Waals surface area contributed by atoms with E-state index in [1.165, 1.54) is 12.1 Å². The molecule has 1 saturated heterocycles. The van der Waals surface area contributed by atoms with Crippen LogP contribution in [-0.2, 0) is 0 Å². The molecule has 2 N–H and O–H groups in total. The molecule has 1 fully saturated rings. The number of benzene rings is 1. The quantitative estimate of drug-likeness (QED) is 0.833. The Morgan fingerprint density at radius 1 is 1.41 bits per heavy atom. The van der Waals surface area contributed by atoms with Gasteiger partial charge < -0.3 is 15.3 Å². The van der Waals surface area contributed by atoms with Crippen molar-refractivity contribution in [1.29, 1.82) is 0 Å². The highest BCUT2D eigenvalue weighted by Gasteiger charge is 2.28. The highest BCUT2D eigenvalue weighted by Crippen LogP contribution is 2.26. The number of carbonyl (C=O) groups excluding carboxylic acids is 1. The minimum Gasteiger partial charge on any atom is -0.395 e. The molecule has 1 heterocycles. The van der Waals surface area contributed by atoms with E-state index in [0.29, 0.717) is 6.54 Å². The van der Waals surface area contributed by atoms with Crippen LogP contribution in [0.2, 0.25) is 0 Å². The molecule has 1 aromatic carbocycles. The summed E-state index contributed by atoms with van der Waals surface area (Å²) >= 11 is 0. The van der Waals surface area contributed by atoms with Crippen LogP contribution in [0.1, 0.15) is 18.0 Å². The van der Waals surface area contributed by atoms with Crippen LogP contribution in [0.4, 0.5) is 9.18 Å². The van der Waals surface area contributed by atoms with Crippen molar-refractivity contribution >= 4 is 6.03 Å². The number of carbonyl (C=O) groups is 1. The number of aliphatic hydroxyl groups excluding tert-OH is 1. The summed E-state index contributed by atoms with van der Waals surface area (Å²) in [6.07, 6.45) is 0.761. The molecule has 4 nitrogen and oxygen atoms in total. The van der Waals surface area contributed by atoms with E-state index in [1.807, 2.05) is 0 Å². The van der Waals surface area contributed by atoms with Gasteiger partial charge in [-0.3, -0.25) is 0 Å². The molecule has 1 atom stereocenters. The van der Waals surface area contributed by atoms with Crippen LogP contribution in [0.3, 0.4) is 0 Å². The van der Waals surface area contributed by atoms with Gasteiger partial charge in [-0.1, -0.05) is 12.1 Å². The zero-order valence-corrected chi connectivity index (χ0v) is 9.40. The van der Waals surface area contributed by atoms with Crippen LogP contribution < -0.4 is 5.32 Å². The van der Waals surface area contributed by atoms with E-state index in [2.05, 4.69) is 5.32 Å². The first-order valence-electron chi connectivity index (χ1n) is 5.63. The summed E-state index contributed by atoms with van der Waals surface area (Å²) in [5, 5.41) is 11.7. The van der Waals surface area contributed by atoms with Gasteiger partial charge in [-0.15, -0.1) is 0 Å². The predicted octanol–water partition coefficient (Wildman–Crippen LogP) is 1.27. The lowest BCUT2D eigenvalue weighted by atomic mass is 10.0. The third kappa shape index (κ3) is 2.55. The maximum Gasteiger partial charge on any atom is 0.317 e. The third-order valence-electron chi connectivity index (χ3n) is 2.93. The minimum absolute atomic E-state index is 0.0783. The van der Waals surface area contributed by atoms with Crippen LogP contribution in [0.15, 0.2) is 24.3 Å². The molecule has 0 bridgehead atoms. The van der Waals surface area contributed by atoms with E-state index < -0.39 is 0 Å². The molecule has 0 spiro atoms. The van der Waals surface area contributed by atoms with Gasteiger partial charge in [-0.2, -0.15) is 0 Å². The maximum atomic E-state index is 12.8. The van der Waals surface area contributed by atoms with Crippen molar-refractivity contribution in [3.63, 3.8) is 0 Å². The summed E-state index contributed by atoms with van der Waals surface area (Å²) < 4.78 is 12.8. The third-order valence-corrected chi connectivity index (χ3v) is 2.93. The van der Waals surface area contributed by atoms with E-state index >= 15 is 0 Å². The summed E-state index contributed by atoms with van der Waals surface area (Å²) in [7, 11) is 0. The van der Waals surface area contributed by atoms with E-state index in [0.717, 1.165) is 12.0 Å². The lowest BCUT2D eigenvalue weighted by Crippen LogP contribution is -2.49. The van der Waals surface area contributed by atoms with Crippen molar-refractivity contribution in [2.24, 2.45) is 0 Å². The number of rotatable bonds is 3. The number of halogens is 1. The molecule has 5 heteroatoms. The fraction of sp³-hybridized carbons (Fsp3) is 0.417. The SMILES string of the molecule is O=C1NCCC(c2ccc(F)cc2)N1CCO. The first-order chi connectivity index (χ1) is 8.22. The van der Waals surface area contributed by atoms with E-state index in [-0.39, 0.29) is 31.0 Å². The number of β-amino-alcohol motifs (C(OH)–C–C–N with tert-alkyl or cyclic N) is 1. The molecule has 1 unspecified atom stereocenters. The molecule has 1 aliphatic rings. The highest BCUT2D eigenvalue weighted by atomic mass is 19.1. The number of nitrogens with zero attached hydrogens (tertiary/aromatic N) is 1. The van der Waals surface area contributed by atoms with Crippen LogP contribution >= 0.6 is 0 Å². The molecule has 17 heavy (non-hydrogen) atoms. The number of hydrogen-bond donors (Lipinski definition) is 2. The number of amides is 2. The second-order valence-electron chi connectivity index (χ2n) is 4.00. The number of urea groups is 1. The van der Waals surface area contributed by atoms with Crippen molar-refractivity contribution in [2.45, 2.75) is 12.5 Å². The smallest absolute Gasteiger partial charge is 0.317 e. The van der Waals surface area contributed by atoms with Crippen molar-refractivity contribution in [3.05, 3.63) is 35.6 Å². The molecule has 2 rings (SSSR count). The Balaban J connectivity index is 2.21. The Morgan fingerprint density at radius 3 is 2.76 bits per heavy atom. The topological polar surface area (TPSA) is 52.6 Å². The lowest BCUT2D eigenvalue weighted by Gasteiger charge is -2.35. The molecular formula is C12H15FN2O2. The molecule has 0 saturated carbocycles. The normalized spacial score (nSPS) is 20.2. The van der Waals surface area contributed by atoms with Crippen LogP contribution in [0, 0.1) is 5.82 Å². The molecule has 0 aromatic heterocycles. The summed E-state index contributed by atoms with van der Waals surface area (Å²) in [6, 6.07) is 5.88. The van der Waals surface area contributed by atoms with E-state index in [9.17, 15) is 9.18 Å². The van der Waals surface area contributed by atoms with Crippen LogP contribution in [0.5, 0.6) is 0 Å². The van der Waals surface area contributed by atoms with Gasteiger partial charge in [-0.05, 0) is 24.1 Å². The van der Waals surface area contributed by atoms with Gasteiger partial charge in [0.05, 0.1) is 12.6 Å². The first kappa shape index (κ1) is 11.9. The summed E-state index contributed by atoms with van der Waals surface area (Å²) in [5.74, 6) is -0.289. The molecule has 1 aromatic rings.